The topological polar surface area (TPSA) is 72.9 Å². The van der Waals surface area contributed by atoms with E-state index in [0.29, 0.717) is 12.3 Å². The predicted octanol–water partition coefficient (Wildman–Crippen LogP) is 2.89. The second-order valence-electron chi connectivity index (χ2n) is 7.55. The fourth-order valence-electron chi connectivity index (χ4n) is 3.54. The predicted molar refractivity (Wildman–Crippen MR) is 83.6 cm³/mol. The van der Waals surface area contributed by atoms with Crippen LogP contribution in [0.25, 0.3) is 0 Å². The summed E-state index contributed by atoms with van der Waals surface area (Å²) in [7, 11) is 1.27. The monoisotopic (exact) mass is 325 g/mol. The van der Waals surface area contributed by atoms with Crippen molar-refractivity contribution in [3.63, 3.8) is 0 Å². The molecule has 0 radical (unpaired) electrons. The number of methoxy groups -OCH3 is 1. The van der Waals surface area contributed by atoms with Crippen molar-refractivity contribution in [2.24, 2.45) is 11.8 Å². The van der Waals surface area contributed by atoms with Crippen LogP contribution >= 0.6 is 0 Å². The number of carbonyl (C=O) groups is 3. The zero-order valence-corrected chi connectivity index (χ0v) is 14.5. The summed E-state index contributed by atoms with van der Waals surface area (Å²) in [5.41, 5.74) is -0.721. The number of hydrogen-bond acceptors (Lipinski definition) is 5. The SMILES string of the molecule is COC(=O)[C@@H]1CC(CC2CCCC2)C(=O)N1C(=O)OC(C)(C)C. The van der Waals surface area contributed by atoms with E-state index in [1.165, 1.54) is 20.0 Å². The fourth-order valence-corrected chi connectivity index (χ4v) is 3.54. The van der Waals surface area contributed by atoms with E-state index in [9.17, 15) is 14.4 Å². The van der Waals surface area contributed by atoms with Crippen molar-refractivity contribution in [3.8, 4) is 0 Å². The smallest absolute Gasteiger partial charge is 0.417 e. The number of nitrogens with zero attached hydrogens (tertiary/aromatic N) is 1. The third-order valence-electron chi connectivity index (χ3n) is 4.56. The average Bonchev–Trinajstić information content (AvgIpc) is 3.05. The van der Waals surface area contributed by atoms with Gasteiger partial charge in [-0.05, 0) is 39.5 Å². The first-order valence-electron chi connectivity index (χ1n) is 8.37. The van der Waals surface area contributed by atoms with Gasteiger partial charge in [-0.15, -0.1) is 0 Å². The van der Waals surface area contributed by atoms with Crippen molar-refractivity contribution in [1.82, 2.24) is 4.90 Å². The average molecular weight is 325 g/mol. The number of hydrogen-bond donors (Lipinski definition) is 0. The van der Waals surface area contributed by atoms with Gasteiger partial charge in [0.15, 0.2) is 0 Å². The van der Waals surface area contributed by atoms with Crippen LogP contribution in [0.15, 0.2) is 0 Å². The van der Waals surface area contributed by atoms with Crippen LogP contribution in [0.4, 0.5) is 4.79 Å². The van der Waals surface area contributed by atoms with Gasteiger partial charge in [0.25, 0.3) is 0 Å². The molecule has 6 nitrogen and oxygen atoms in total. The maximum absolute atomic E-state index is 12.7. The molecule has 2 amide bonds. The van der Waals surface area contributed by atoms with Gasteiger partial charge < -0.3 is 9.47 Å². The van der Waals surface area contributed by atoms with Gasteiger partial charge >= 0.3 is 12.1 Å². The van der Waals surface area contributed by atoms with Crippen molar-refractivity contribution in [3.05, 3.63) is 0 Å². The second-order valence-corrected chi connectivity index (χ2v) is 7.55. The maximum atomic E-state index is 12.7. The molecule has 0 spiro atoms. The molecule has 0 bridgehead atoms. The Kier molecular flexibility index (Phi) is 5.32. The van der Waals surface area contributed by atoms with Crippen LogP contribution in [0.1, 0.15) is 59.3 Å². The zero-order valence-electron chi connectivity index (χ0n) is 14.5. The number of ether oxygens (including phenoxy) is 2. The van der Waals surface area contributed by atoms with Crippen LogP contribution in [0.2, 0.25) is 0 Å². The standard InChI is InChI=1S/C17H27NO5/c1-17(2,3)23-16(21)18-13(15(20)22-4)10-12(14(18)19)9-11-7-5-6-8-11/h11-13H,5-10H2,1-4H3/t12?,13-/m0/s1. The van der Waals surface area contributed by atoms with Gasteiger partial charge in [-0.3, -0.25) is 4.79 Å². The molecule has 1 aliphatic carbocycles. The van der Waals surface area contributed by atoms with Gasteiger partial charge in [-0.1, -0.05) is 25.7 Å². The second kappa shape index (κ2) is 6.89. The van der Waals surface area contributed by atoms with Crippen LogP contribution < -0.4 is 0 Å². The quantitative estimate of drug-likeness (QED) is 0.746. The lowest BCUT2D eigenvalue weighted by Crippen LogP contribution is -2.46. The molecular formula is C17H27NO5. The maximum Gasteiger partial charge on any atom is 0.417 e. The Morgan fingerprint density at radius 2 is 1.83 bits per heavy atom. The van der Waals surface area contributed by atoms with Gasteiger partial charge in [-0.2, -0.15) is 0 Å². The molecule has 6 heteroatoms. The normalized spacial score (nSPS) is 25.7. The van der Waals surface area contributed by atoms with Crippen LogP contribution in [0.5, 0.6) is 0 Å². The fraction of sp³-hybridized carbons (Fsp3) is 0.824. The number of imide groups is 1. The highest BCUT2D eigenvalue weighted by atomic mass is 16.6. The van der Waals surface area contributed by atoms with Crippen LogP contribution in [0.3, 0.4) is 0 Å². The number of amides is 2. The zero-order chi connectivity index (χ0) is 17.2. The summed E-state index contributed by atoms with van der Waals surface area (Å²) in [6, 6.07) is -0.867. The van der Waals surface area contributed by atoms with Gasteiger partial charge in [0, 0.05) is 5.92 Å². The molecule has 2 atom stereocenters. The molecule has 2 rings (SSSR count). The lowest BCUT2D eigenvalue weighted by Gasteiger charge is -2.26. The Bertz CT molecular complexity index is 476. The van der Waals surface area contributed by atoms with Crippen molar-refractivity contribution in [2.75, 3.05) is 7.11 Å². The van der Waals surface area contributed by atoms with Gasteiger partial charge in [0.2, 0.25) is 5.91 Å². The minimum atomic E-state index is -0.867. The first-order valence-corrected chi connectivity index (χ1v) is 8.37. The highest BCUT2D eigenvalue weighted by Crippen LogP contribution is 2.37. The molecule has 130 valence electrons. The summed E-state index contributed by atoms with van der Waals surface area (Å²) in [5.74, 6) is -0.643. The molecule has 1 aliphatic heterocycles. The molecule has 1 saturated carbocycles. The molecule has 0 aromatic rings. The van der Waals surface area contributed by atoms with Crippen LogP contribution in [0, 0.1) is 11.8 Å². The summed E-state index contributed by atoms with van der Waals surface area (Å²) in [6.07, 6.45) is 4.96. The van der Waals surface area contributed by atoms with E-state index in [-0.39, 0.29) is 11.8 Å². The van der Waals surface area contributed by atoms with Gasteiger partial charge in [0.1, 0.15) is 11.6 Å². The largest absolute Gasteiger partial charge is 0.467 e. The Labute approximate surface area is 137 Å². The van der Waals surface area contributed by atoms with E-state index in [2.05, 4.69) is 0 Å². The number of carbonyl (C=O) groups excluding carboxylic acids is 3. The van der Waals surface area contributed by atoms with E-state index in [4.69, 9.17) is 9.47 Å². The summed E-state index contributed by atoms with van der Waals surface area (Å²) in [4.78, 5) is 38.0. The highest BCUT2D eigenvalue weighted by Gasteiger charge is 2.49. The summed E-state index contributed by atoms with van der Waals surface area (Å²) in [5, 5.41) is 0. The molecule has 0 aromatic heterocycles. The van der Waals surface area contributed by atoms with E-state index in [0.717, 1.165) is 24.2 Å². The lowest BCUT2D eigenvalue weighted by molar-refractivity contribution is -0.148. The summed E-state index contributed by atoms with van der Waals surface area (Å²) >= 11 is 0. The first-order chi connectivity index (χ1) is 10.7. The number of esters is 1. The highest BCUT2D eigenvalue weighted by molar-refractivity contribution is 6.00. The summed E-state index contributed by atoms with van der Waals surface area (Å²) < 4.78 is 10.1. The number of rotatable bonds is 3. The first kappa shape index (κ1) is 17.8. The molecule has 1 unspecified atom stereocenters. The molecule has 0 aromatic carbocycles. The minimum absolute atomic E-state index is 0.297. The van der Waals surface area contributed by atoms with Gasteiger partial charge in [0.05, 0.1) is 7.11 Å². The third-order valence-corrected chi connectivity index (χ3v) is 4.56. The lowest BCUT2D eigenvalue weighted by atomic mass is 9.91. The van der Waals surface area contributed by atoms with E-state index in [1.807, 2.05) is 0 Å². The van der Waals surface area contributed by atoms with E-state index < -0.39 is 23.7 Å². The Morgan fingerprint density at radius 3 is 2.35 bits per heavy atom. The molecule has 2 aliphatic rings. The van der Waals surface area contributed by atoms with Gasteiger partial charge in [-0.25, -0.2) is 14.5 Å². The Hall–Kier alpha value is -1.59. The molecule has 1 heterocycles. The van der Waals surface area contributed by atoms with Crippen molar-refractivity contribution < 1.29 is 23.9 Å². The molecule has 1 saturated heterocycles. The molecule has 2 fully saturated rings. The molecular weight excluding hydrogens is 298 g/mol. The van der Waals surface area contributed by atoms with Crippen LogP contribution in [-0.4, -0.2) is 41.6 Å². The van der Waals surface area contributed by atoms with E-state index in [1.54, 1.807) is 20.8 Å². The van der Waals surface area contributed by atoms with Crippen LogP contribution in [-0.2, 0) is 19.1 Å². The minimum Gasteiger partial charge on any atom is -0.467 e. The molecule has 0 N–H and O–H groups in total. The molecule has 23 heavy (non-hydrogen) atoms. The van der Waals surface area contributed by atoms with E-state index >= 15 is 0 Å². The Balaban J connectivity index is 2.13. The number of likely N-dealkylation sites (tertiary alicyclic amines) is 1. The van der Waals surface area contributed by atoms with Crippen molar-refractivity contribution in [1.29, 1.82) is 0 Å². The van der Waals surface area contributed by atoms with Crippen molar-refractivity contribution in [2.45, 2.75) is 70.9 Å². The summed E-state index contributed by atoms with van der Waals surface area (Å²) in [6.45, 7) is 5.19. The Morgan fingerprint density at radius 1 is 1.22 bits per heavy atom. The third kappa shape index (κ3) is 4.24. The van der Waals surface area contributed by atoms with Crippen molar-refractivity contribution >= 4 is 18.0 Å².